The minimum atomic E-state index is 0.0429. The molecular formula is C14H21N3O3. The minimum absolute atomic E-state index is 0.0429. The van der Waals surface area contributed by atoms with Crippen LogP contribution in [0.1, 0.15) is 12.8 Å². The SMILES string of the molecule is COCCOc1ccc(NC(=O)[C@H]2CCCNC2)cn1. The maximum atomic E-state index is 12.0. The fraction of sp³-hybridized carbons (Fsp3) is 0.571. The van der Waals surface area contributed by atoms with Gasteiger partial charge in [0, 0.05) is 19.7 Å². The van der Waals surface area contributed by atoms with E-state index in [4.69, 9.17) is 9.47 Å². The fourth-order valence-electron chi connectivity index (χ4n) is 2.09. The monoisotopic (exact) mass is 279 g/mol. The highest BCUT2D eigenvalue weighted by molar-refractivity contribution is 5.92. The number of carbonyl (C=O) groups excluding carboxylic acids is 1. The summed E-state index contributed by atoms with van der Waals surface area (Å²) in [6, 6.07) is 3.54. The van der Waals surface area contributed by atoms with Gasteiger partial charge >= 0.3 is 0 Å². The Balaban J connectivity index is 1.81. The quantitative estimate of drug-likeness (QED) is 0.761. The van der Waals surface area contributed by atoms with Crippen LogP contribution in [-0.4, -0.2) is 44.3 Å². The summed E-state index contributed by atoms with van der Waals surface area (Å²) >= 11 is 0. The average molecular weight is 279 g/mol. The summed E-state index contributed by atoms with van der Waals surface area (Å²) in [5, 5.41) is 6.12. The van der Waals surface area contributed by atoms with Crippen molar-refractivity contribution in [1.29, 1.82) is 0 Å². The van der Waals surface area contributed by atoms with Crippen molar-refractivity contribution in [3.8, 4) is 5.88 Å². The van der Waals surface area contributed by atoms with Crippen molar-refractivity contribution in [2.24, 2.45) is 5.92 Å². The number of nitrogens with one attached hydrogen (secondary N) is 2. The Morgan fingerprint density at radius 1 is 1.50 bits per heavy atom. The summed E-state index contributed by atoms with van der Waals surface area (Å²) in [4.78, 5) is 16.2. The van der Waals surface area contributed by atoms with Gasteiger partial charge in [-0.15, -0.1) is 0 Å². The zero-order valence-corrected chi connectivity index (χ0v) is 11.7. The second-order valence-corrected chi connectivity index (χ2v) is 4.76. The van der Waals surface area contributed by atoms with Gasteiger partial charge in [0.2, 0.25) is 11.8 Å². The van der Waals surface area contributed by atoms with Gasteiger partial charge in [-0.05, 0) is 25.5 Å². The Morgan fingerprint density at radius 3 is 3.05 bits per heavy atom. The van der Waals surface area contributed by atoms with Crippen LogP contribution in [0.4, 0.5) is 5.69 Å². The van der Waals surface area contributed by atoms with Crippen LogP contribution in [0, 0.1) is 5.92 Å². The average Bonchev–Trinajstić information content (AvgIpc) is 2.50. The summed E-state index contributed by atoms with van der Waals surface area (Å²) in [6.45, 7) is 2.73. The molecule has 0 aliphatic carbocycles. The lowest BCUT2D eigenvalue weighted by Crippen LogP contribution is -2.37. The first-order chi connectivity index (χ1) is 9.79. The molecule has 0 spiro atoms. The van der Waals surface area contributed by atoms with Crippen LogP contribution < -0.4 is 15.4 Å². The van der Waals surface area contributed by atoms with Gasteiger partial charge in [0.25, 0.3) is 0 Å². The zero-order valence-electron chi connectivity index (χ0n) is 11.7. The van der Waals surface area contributed by atoms with Crippen LogP contribution in [0.25, 0.3) is 0 Å². The minimum Gasteiger partial charge on any atom is -0.475 e. The molecule has 0 bridgehead atoms. The smallest absolute Gasteiger partial charge is 0.228 e. The van der Waals surface area contributed by atoms with E-state index in [1.54, 1.807) is 25.4 Å². The lowest BCUT2D eigenvalue weighted by atomic mass is 9.99. The Morgan fingerprint density at radius 2 is 2.40 bits per heavy atom. The maximum absolute atomic E-state index is 12.0. The molecule has 6 heteroatoms. The molecule has 0 radical (unpaired) electrons. The molecule has 2 N–H and O–H groups in total. The Kier molecular flexibility index (Phi) is 5.76. The highest BCUT2D eigenvalue weighted by Crippen LogP contribution is 2.15. The third-order valence-electron chi connectivity index (χ3n) is 3.21. The zero-order chi connectivity index (χ0) is 14.2. The predicted molar refractivity (Wildman–Crippen MR) is 75.8 cm³/mol. The molecule has 2 heterocycles. The first kappa shape index (κ1) is 14.7. The van der Waals surface area contributed by atoms with E-state index in [2.05, 4.69) is 15.6 Å². The number of anilines is 1. The lowest BCUT2D eigenvalue weighted by Gasteiger charge is -2.21. The van der Waals surface area contributed by atoms with Gasteiger partial charge in [0.15, 0.2) is 0 Å². The molecule has 0 unspecified atom stereocenters. The maximum Gasteiger partial charge on any atom is 0.228 e. The number of carbonyl (C=O) groups is 1. The number of hydrogen-bond acceptors (Lipinski definition) is 5. The van der Waals surface area contributed by atoms with Gasteiger partial charge in [-0.25, -0.2) is 4.98 Å². The van der Waals surface area contributed by atoms with Crippen molar-refractivity contribution in [2.45, 2.75) is 12.8 Å². The van der Waals surface area contributed by atoms with Gasteiger partial charge in [-0.3, -0.25) is 4.79 Å². The number of nitrogens with zero attached hydrogens (tertiary/aromatic N) is 1. The molecule has 1 aromatic heterocycles. The summed E-state index contributed by atoms with van der Waals surface area (Å²) < 4.78 is 10.3. The van der Waals surface area contributed by atoms with E-state index in [-0.39, 0.29) is 11.8 Å². The largest absolute Gasteiger partial charge is 0.475 e. The molecule has 1 fully saturated rings. The van der Waals surface area contributed by atoms with E-state index in [0.29, 0.717) is 24.8 Å². The molecule has 0 saturated carbocycles. The Labute approximate surface area is 118 Å². The van der Waals surface area contributed by atoms with Crippen molar-refractivity contribution in [3.63, 3.8) is 0 Å². The molecule has 1 aliphatic rings. The van der Waals surface area contributed by atoms with Crippen molar-refractivity contribution in [2.75, 3.05) is 38.7 Å². The van der Waals surface area contributed by atoms with Crippen molar-refractivity contribution in [3.05, 3.63) is 18.3 Å². The normalized spacial score (nSPS) is 18.6. The van der Waals surface area contributed by atoms with E-state index in [1.165, 1.54) is 0 Å². The Hall–Kier alpha value is -1.66. The van der Waals surface area contributed by atoms with Crippen LogP contribution in [-0.2, 0) is 9.53 Å². The molecule has 6 nitrogen and oxygen atoms in total. The highest BCUT2D eigenvalue weighted by Gasteiger charge is 2.20. The molecule has 1 aromatic rings. The number of methoxy groups -OCH3 is 1. The Bertz CT molecular complexity index is 416. The summed E-state index contributed by atoms with van der Waals surface area (Å²) in [5.74, 6) is 0.618. The lowest BCUT2D eigenvalue weighted by molar-refractivity contribution is -0.120. The second-order valence-electron chi connectivity index (χ2n) is 4.76. The van der Waals surface area contributed by atoms with Crippen LogP contribution in [0.3, 0.4) is 0 Å². The molecule has 1 amide bonds. The summed E-state index contributed by atoms with van der Waals surface area (Å²) in [6.07, 6.45) is 3.59. The van der Waals surface area contributed by atoms with E-state index in [9.17, 15) is 4.79 Å². The highest BCUT2D eigenvalue weighted by atomic mass is 16.5. The predicted octanol–water partition coefficient (Wildman–Crippen LogP) is 1.04. The number of hydrogen-bond donors (Lipinski definition) is 2. The van der Waals surface area contributed by atoms with E-state index in [1.807, 2.05) is 0 Å². The summed E-state index contributed by atoms with van der Waals surface area (Å²) in [5.41, 5.74) is 0.694. The summed E-state index contributed by atoms with van der Waals surface area (Å²) in [7, 11) is 1.62. The van der Waals surface area contributed by atoms with Crippen molar-refractivity contribution >= 4 is 11.6 Å². The van der Waals surface area contributed by atoms with E-state index in [0.717, 1.165) is 25.9 Å². The fourth-order valence-corrected chi connectivity index (χ4v) is 2.09. The molecule has 0 aromatic carbocycles. The van der Waals surface area contributed by atoms with Gasteiger partial charge in [-0.2, -0.15) is 0 Å². The van der Waals surface area contributed by atoms with Gasteiger partial charge < -0.3 is 20.1 Å². The number of ether oxygens (including phenoxy) is 2. The molecule has 1 aliphatic heterocycles. The van der Waals surface area contributed by atoms with Gasteiger partial charge in [0.05, 0.1) is 24.4 Å². The van der Waals surface area contributed by atoms with Crippen LogP contribution in [0.2, 0.25) is 0 Å². The molecule has 2 rings (SSSR count). The first-order valence-electron chi connectivity index (χ1n) is 6.89. The van der Waals surface area contributed by atoms with Crippen molar-refractivity contribution in [1.82, 2.24) is 10.3 Å². The first-order valence-corrected chi connectivity index (χ1v) is 6.89. The number of aromatic nitrogens is 1. The number of pyridine rings is 1. The third kappa shape index (κ3) is 4.47. The number of piperidine rings is 1. The molecule has 1 saturated heterocycles. The molecule has 20 heavy (non-hydrogen) atoms. The number of amides is 1. The third-order valence-corrected chi connectivity index (χ3v) is 3.21. The molecule has 110 valence electrons. The van der Waals surface area contributed by atoms with Crippen LogP contribution >= 0.6 is 0 Å². The van der Waals surface area contributed by atoms with Gasteiger partial charge in [0.1, 0.15) is 6.61 Å². The van der Waals surface area contributed by atoms with Gasteiger partial charge in [-0.1, -0.05) is 0 Å². The van der Waals surface area contributed by atoms with Crippen LogP contribution in [0.5, 0.6) is 5.88 Å². The topological polar surface area (TPSA) is 72.5 Å². The van der Waals surface area contributed by atoms with Crippen molar-refractivity contribution < 1.29 is 14.3 Å². The van der Waals surface area contributed by atoms with E-state index >= 15 is 0 Å². The molecular weight excluding hydrogens is 258 g/mol. The number of rotatable bonds is 6. The second kappa shape index (κ2) is 7.81. The standard InChI is InChI=1S/C14H21N3O3/c1-19-7-8-20-13-5-4-12(10-16-13)17-14(18)11-3-2-6-15-9-11/h4-5,10-11,15H,2-3,6-9H2,1H3,(H,17,18)/t11-/m0/s1. The van der Waals surface area contributed by atoms with Crippen LogP contribution in [0.15, 0.2) is 18.3 Å². The van der Waals surface area contributed by atoms with E-state index < -0.39 is 0 Å². The molecule has 1 atom stereocenters.